The van der Waals surface area contributed by atoms with Crippen LogP contribution in [0.4, 0.5) is 0 Å². The standard InChI is InChI=1S/C52H86NO2.BrH/c1-10-11-12-13-14-15-16-17-18-19-20-21-22-23-36-53-37-24-25-41(38-53)47(54)55-45-30-32-50(7)43(48(45,4)5)29-33-52(9)44(50)27-26-42-46-40(3)39(2)28-31-49(46,6)34-35-51(42,52)8;/h24-26,37-40,43-46H,10-23,27-36H2,1-9H3;1H/q+1;/p-1/t39-,40+,43+,44-,45+,46+,49-,50+,51-,52-;/m1./s1. The first-order valence-electron chi connectivity index (χ1n) is 24.1. The van der Waals surface area contributed by atoms with E-state index in [4.69, 9.17) is 4.74 Å². The van der Waals surface area contributed by atoms with E-state index < -0.39 is 0 Å². The summed E-state index contributed by atoms with van der Waals surface area (Å²) in [6.45, 7) is 24.0. The van der Waals surface area contributed by atoms with E-state index in [9.17, 15) is 4.79 Å². The van der Waals surface area contributed by atoms with Crippen LogP contribution in [0.1, 0.15) is 220 Å². The summed E-state index contributed by atoms with van der Waals surface area (Å²) >= 11 is 0. The number of halogens is 1. The molecule has 5 aliphatic rings. The number of aromatic nitrogens is 1. The van der Waals surface area contributed by atoms with Gasteiger partial charge in [0, 0.05) is 17.9 Å². The summed E-state index contributed by atoms with van der Waals surface area (Å²) in [5.41, 5.74) is 3.90. The number of ether oxygens (including phenoxy) is 1. The Morgan fingerprint density at radius 1 is 0.750 bits per heavy atom. The van der Waals surface area contributed by atoms with E-state index in [0.717, 1.165) is 30.7 Å². The Kier molecular flexibility index (Phi) is 15.6. The van der Waals surface area contributed by atoms with Crippen molar-refractivity contribution in [2.45, 2.75) is 223 Å². The molecule has 1 heterocycles. The molecule has 0 amide bonds. The third-order valence-electron chi connectivity index (χ3n) is 18.4. The van der Waals surface area contributed by atoms with Gasteiger partial charge in [-0.3, -0.25) is 0 Å². The fourth-order valence-electron chi connectivity index (χ4n) is 14.5. The first-order valence-corrected chi connectivity index (χ1v) is 24.1. The van der Waals surface area contributed by atoms with Gasteiger partial charge in [-0.2, -0.15) is 0 Å². The smallest absolute Gasteiger partial charge is 0.344 e. The molecule has 56 heavy (non-hydrogen) atoms. The minimum atomic E-state index is -0.128. The summed E-state index contributed by atoms with van der Waals surface area (Å²) in [7, 11) is 0. The number of rotatable bonds is 17. The molecular formula is C52H86BrNO2. The second-order valence-corrected chi connectivity index (χ2v) is 22.0. The molecule has 1 aromatic rings. The van der Waals surface area contributed by atoms with Crippen LogP contribution < -0.4 is 21.5 Å². The lowest BCUT2D eigenvalue weighted by Gasteiger charge is -2.71. The van der Waals surface area contributed by atoms with Crippen molar-refractivity contribution in [3.63, 3.8) is 0 Å². The van der Waals surface area contributed by atoms with Crippen LogP contribution in [0.3, 0.4) is 0 Å². The Morgan fingerprint density at radius 3 is 2.02 bits per heavy atom. The van der Waals surface area contributed by atoms with E-state index in [2.05, 4.69) is 79.2 Å². The SMILES string of the molecule is CCCCCCCCCCCCCCCC[n+]1cccc(C(=O)O[C@H]2CC[C@]3(C)[C@H]4CC=C5[C@@H]6[C@@H](C)[C@H](C)CC[C@]6(C)CC[C@@]5(C)[C@]4(C)CC[C@H]3C2(C)C)c1.[Br-]. The predicted molar refractivity (Wildman–Crippen MR) is 231 cm³/mol. The first kappa shape index (κ1) is 45.9. The van der Waals surface area contributed by atoms with Crippen LogP contribution >= 0.6 is 0 Å². The largest absolute Gasteiger partial charge is 1.00 e. The number of pyridine rings is 1. The molecule has 1 aromatic heterocycles. The van der Waals surface area contributed by atoms with Gasteiger partial charge in [0.1, 0.15) is 18.2 Å². The second kappa shape index (κ2) is 19.0. The number of fused-ring (bicyclic) bond motifs is 7. The Morgan fingerprint density at radius 2 is 1.38 bits per heavy atom. The van der Waals surface area contributed by atoms with E-state index in [-0.39, 0.29) is 39.9 Å². The highest BCUT2D eigenvalue weighted by atomic mass is 79.9. The van der Waals surface area contributed by atoms with E-state index in [0.29, 0.717) is 33.6 Å². The van der Waals surface area contributed by atoms with Gasteiger partial charge in [0.2, 0.25) is 0 Å². The maximum absolute atomic E-state index is 13.8. The summed E-state index contributed by atoms with van der Waals surface area (Å²) in [4.78, 5) is 13.8. The van der Waals surface area contributed by atoms with E-state index in [1.54, 1.807) is 0 Å². The summed E-state index contributed by atoms with van der Waals surface area (Å²) in [6.07, 6.45) is 37.7. The number of nitrogens with zero attached hydrogens (tertiary/aromatic N) is 1. The van der Waals surface area contributed by atoms with Gasteiger partial charge in [0.15, 0.2) is 12.4 Å². The van der Waals surface area contributed by atoms with Crippen LogP contribution in [0, 0.1) is 56.7 Å². The van der Waals surface area contributed by atoms with Gasteiger partial charge in [-0.1, -0.05) is 151 Å². The lowest BCUT2D eigenvalue weighted by molar-refractivity contribution is -0.697. The third kappa shape index (κ3) is 8.97. The van der Waals surface area contributed by atoms with Crippen molar-refractivity contribution in [2.24, 2.45) is 56.7 Å². The fraction of sp³-hybridized carbons (Fsp3) is 0.846. The molecule has 5 aliphatic carbocycles. The van der Waals surface area contributed by atoms with Crippen molar-refractivity contribution < 1.29 is 31.1 Å². The summed E-state index contributed by atoms with van der Waals surface area (Å²) in [5, 5.41) is 0. The Hall–Kier alpha value is -1.16. The highest BCUT2D eigenvalue weighted by Crippen LogP contribution is 2.75. The van der Waals surface area contributed by atoms with E-state index in [1.165, 1.54) is 141 Å². The normalized spacial score (nSPS) is 37.2. The number of hydrogen-bond acceptors (Lipinski definition) is 2. The van der Waals surface area contributed by atoms with Gasteiger partial charge < -0.3 is 21.7 Å². The van der Waals surface area contributed by atoms with Crippen LogP contribution in [0.5, 0.6) is 0 Å². The minimum Gasteiger partial charge on any atom is -1.00 e. The maximum Gasteiger partial charge on any atom is 0.344 e. The average Bonchev–Trinajstić information content (AvgIpc) is 3.15. The minimum absolute atomic E-state index is 0. The molecule has 318 valence electrons. The highest BCUT2D eigenvalue weighted by Gasteiger charge is 2.68. The number of allylic oxidation sites excluding steroid dienone is 2. The molecule has 4 fully saturated rings. The molecule has 0 aliphatic heterocycles. The lowest BCUT2D eigenvalue weighted by atomic mass is 9.33. The quantitative estimate of drug-likeness (QED) is 0.0677. The number of carbonyl (C=O) groups excluding carboxylic acids is 1. The zero-order chi connectivity index (χ0) is 39.5. The molecule has 4 heteroatoms. The highest BCUT2D eigenvalue weighted by molar-refractivity contribution is 5.88. The molecule has 0 N–H and O–H groups in total. The molecule has 0 spiro atoms. The number of aryl methyl sites for hydroxylation is 1. The first-order chi connectivity index (χ1) is 26.2. The van der Waals surface area contributed by atoms with Gasteiger partial charge in [-0.15, -0.1) is 0 Å². The Labute approximate surface area is 356 Å². The number of carbonyl (C=O) groups is 1. The second-order valence-electron chi connectivity index (χ2n) is 22.0. The molecule has 0 unspecified atom stereocenters. The lowest BCUT2D eigenvalue weighted by Crippen LogP contribution is -3.00. The van der Waals surface area contributed by atoms with E-state index >= 15 is 0 Å². The van der Waals surface area contributed by atoms with Crippen molar-refractivity contribution in [1.82, 2.24) is 0 Å². The van der Waals surface area contributed by atoms with Gasteiger partial charge in [0.05, 0.1) is 0 Å². The van der Waals surface area contributed by atoms with Gasteiger partial charge >= 0.3 is 5.97 Å². The van der Waals surface area contributed by atoms with Crippen LogP contribution in [-0.4, -0.2) is 12.1 Å². The van der Waals surface area contributed by atoms with Crippen molar-refractivity contribution in [3.05, 3.63) is 41.7 Å². The molecule has 0 aromatic carbocycles. The number of esters is 1. The molecule has 6 rings (SSSR count). The van der Waals surface area contributed by atoms with Crippen LogP contribution in [0.25, 0.3) is 0 Å². The molecule has 0 saturated heterocycles. The summed E-state index contributed by atoms with van der Waals surface area (Å²) < 4.78 is 8.78. The molecule has 0 bridgehead atoms. The zero-order valence-electron chi connectivity index (χ0n) is 38.0. The van der Waals surface area contributed by atoms with Crippen LogP contribution in [0.15, 0.2) is 36.2 Å². The van der Waals surface area contributed by atoms with Crippen molar-refractivity contribution in [1.29, 1.82) is 0 Å². The zero-order valence-corrected chi connectivity index (χ0v) is 39.5. The number of hydrogen-bond donors (Lipinski definition) is 0. The van der Waals surface area contributed by atoms with Crippen LogP contribution in [-0.2, 0) is 11.3 Å². The fourth-order valence-corrected chi connectivity index (χ4v) is 14.5. The van der Waals surface area contributed by atoms with E-state index in [1.807, 2.05) is 23.9 Å². The van der Waals surface area contributed by atoms with Crippen LogP contribution in [0.2, 0.25) is 0 Å². The van der Waals surface area contributed by atoms with Crippen molar-refractivity contribution in [3.8, 4) is 0 Å². The van der Waals surface area contributed by atoms with Gasteiger partial charge in [-0.05, 0) is 122 Å². The van der Waals surface area contributed by atoms with Crippen molar-refractivity contribution in [2.75, 3.05) is 0 Å². The summed E-state index contributed by atoms with van der Waals surface area (Å²) in [6, 6.07) is 4.01. The monoisotopic (exact) mass is 836 g/mol. The maximum atomic E-state index is 13.8. The molecule has 0 radical (unpaired) electrons. The van der Waals surface area contributed by atoms with Crippen molar-refractivity contribution >= 4 is 5.97 Å². The summed E-state index contributed by atoms with van der Waals surface area (Å²) in [5.74, 6) is 3.48. The molecule has 10 atom stereocenters. The van der Waals surface area contributed by atoms with Gasteiger partial charge in [0.25, 0.3) is 0 Å². The Balaban J connectivity index is 0.00000600. The van der Waals surface area contributed by atoms with Gasteiger partial charge in [-0.25, -0.2) is 9.36 Å². The Bertz CT molecular complexity index is 1470. The number of unbranched alkanes of at least 4 members (excludes halogenated alkanes) is 13. The average molecular weight is 837 g/mol. The topological polar surface area (TPSA) is 30.2 Å². The third-order valence-corrected chi connectivity index (χ3v) is 18.4. The molecule has 3 nitrogen and oxygen atoms in total. The molecule has 4 saturated carbocycles. The predicted octanol–water partition coefficient (Wildman–Crippen LogP) is 11.7. The molecular weight excluding hydrogens is 750 g/mol.